The minimum absolute atomic E-state index is 0.338. The van der Waals surface area contributed by atoms with Crippen molar-refractivity contribution in [1.82, 2.24) is 14.5 Å². The summed E-state index contributed by atoms with van der Waals surface area (Å²) in [5.74, 6) is 1.19. The zero-order valence-electron chi connectivity index (χ0n) is 14.5. The molecule has 1 aliphatic rings. The van der Waals surface area contributed by atoms with Gasteiger partial charge in [-0.15, -0.1) is 0 Å². The van der Waals surface area contributed by atoms with Gasteiger partial charge in [0, 0.05) is 31.7 Å². The fourth-order valence-corrected chi connectivity index (χ4v) is 3.73. The Bertz CT molecular complexity index is 884. The molecule has 0 saturated carbocycles. The maximum absolute atomic E-state index is 9.22. The predicted molar refractivity (Wildman–Crippen MR) is 96.1 cm³/mol. The number of hydrogen-bond donors (Lipinski definition) is 0. The number of fused-ring (bicyclic) bond motifs is 1. The first-order valence-corrected chi connectivity index (χ1v) is 8.93. The second-order valence-corrected chi connectivity index (χ2v) is 6.73. The molecule has 0 N–H and O–H groups in total. The largest absolute Gasteiger partial charge is 0.440 e. The van der Waals surface area contributed by atoms with Crippen molar-refractivity contribution in [1.29, 1.82) is 5.26 Å². The van der Waals surface area contributed by atoms with Gasteiger partial charge in [-0.25, -0.2) is 4.98 Å². The predicted octanol–water partition coefficient (Wildman–Crippen LogP) is 3.90. The lowest BCUT2D eigenvalue weighted by molar-refractivity contribution is 0.187. The second-order valence-electron chi connectivity index (χ2n) is 6.73. The van der Waals surface area contributed by atoms with Crippen LogP contribution < -0.4 is 0 Å². The summed E-state index contributed by atoms with van der Waals surface area (Å²) in [7, 11) is 0. The van der Waals surface area contributed by atoms with Gasteiger partial charge in [0.25, 0.3) is 0 Å². The molecule has 1 atom stereocenters. The molecule has 0 unspecified atom stereocenters. The van der Waals surface area contributed by atoms with E-state index in [1.165, 1.54) is 5.56 Å². The SMILES string of the molecule is CCn1cc(CN2CCC[C@H](c3nc4ccccc4o3)C2)cc1C#N. The Labute approximate surface area is 147 Å². The van der Waals surface area contributed by atoms with Gasteiger partial charge in [-0.3, -0.25) is 4.90 Å². The van der Waals surface area contributed by atoms with E-state index in [1.807, 2.05) is 34.9 Å². The van der Waals surface area contributed by atoms with Crippen LogP contribution in [0.4, 0.5) is 0 Å². The number of aromatic nitrogens is 2. The first kappa shape index (κ1) is 15.9. The van der Waals surface area contributed by atoms with E-state index in [2.05, 4.69) is 29.1 Å². The Balaban J connectivity index is 1.49. The first-order chi connectivity index (χ1) is 12.3. The van der Waals surface area contributed by atoms with Crippen molar-refractivity contribution in [3.05, 3.63) is 53.7 Å². The zero-order chi connectivity index (χ0) is 17.2. The average Bonchev–Trinajstić information content (AvgIpc) is 3.25. The van der Waals surface area contributed by atoms with Gasteiger partial charge in [0.1, 0.15) is 17.3 Å². The van der Waals surface area contributed by atoms with Crippen LogP contribution >= 0.6 is 0 Å². The molecule has 1 aliphatic heterocycles. The summed E-state index contributed by atoms with van der Waals surface area (Å²) < 4.78 is 7.99. The lowest BCUT2D eigenvalue weighted by Crippen LogP contribution is -2.33. The fraction of sp³-hybridized carbons (Fsp3) is 0.400. The molecule has 0 spiro atoms. The molecule has 0 radical (unpaired) electrons. The summed E-state index contributed by atoms with van der Waals surface area (Å²) >= 11 is 0. The smallest absolute Gasteiger partial charge is 0.199 e. The summed E-state index contributed by atoms with van der Waals surface area (Å²) in [5, 5.41) is 9.22. The standard InChI is InChI=1S/C20H22N4O/c1-2-24-13-15(10-17(24)11-21)12-23-9-5-6-16(14-23)20-22-18-7-3-4-8-19(18)25-20/h3-4,7-8,10,13,16H,2,5-6,9,12,14H2,1H3/t16-/m0/s1. The molecule has 5 nitrogen and oxygen atoms in total. The number of likely N-dealkylation sites (tertiary alicyclic amines) is 1. The summed E-state index contributed by atoms with van der Waals surface area (Å²) in [6, 6.07) is 12.2. The molecule has 128 valence electrons. The Morgan fingerprint density at radius 2 is 2.24 bits per heavy atom. The van der Waals surface area contributed by atoms with Crippen molar-refractivity contribution in [2.75, 3.05) is 13.1 Å². The molecular formula is C20H22N4O. The van der Waals surface area contributed by atoms with Crippen LogP contribution in [-0.4, -0.2) is 27.5 Å². The van der Waals surface area contributed by atoms with E-state index in [0.717, 1.165) is 61.7 Å². The number of oxazole rings is 1. The lowest BCUT2D eigenvalue weighted by Gasteiger charge is -2.30. The normalized spacial score (nSPS) is 18.5. The highest BCUT2D eigenvalue weighted by Crippen LogP contribution is 2.29. The van der Waals surface area contributed by atoms with Gasteiger partial charge >= 0.3 is 0 Å². The third kappa shape index (κ3) is 3.18. The molecule has 0 bridgehead atoms. The first-order valence-electron chi connectivity index (χ1n) is 8.93. The molecule has 5 heteroatoms. The van der Waals surface area contributed by atoms with E-state index >= 15 is 0 Å². The summed E-state index contributed by atoms with van der Waals surface area (Å²) in [6.45, 7) is 5.80. The van der Waals surface area contributed by atoms with Gasteiger partial charge in [-0.2, -0.15) is 5.26 Å². The number of hydrogen-bond acceptors (Lipinski definition) is 4. The van der Waals surface area contributed by atoms with Gasteiger partial charge in [-0.1, -0.05) is 12.1 Å². The van der Waals surface area contributed by atoms with E-state index in [1.54, 1.807) is 0 Å². The molecule has 0 amide bonds. The van der Waals surface area contributed by atoms with Gasteiger partial charge in [0.15, 0.2) is 11.5 Å². The summed E-state index contributed by atoms with van der Waals surface area (Å²) in [5.41, 5.74) is 3.75. The van der Waals surface area contributed by atoms with E-state index in [4.69, 9.17) is 4.42 Å². The fourth-order valence-electron chi connectivity index (χ4n) is 3.73. The van der Waals surface area contributed by atoms with Crippen molar-refractivity contribution in [2.45, 2.75) is 38.8 Å². The van der Waals surface area contributed by atoms with Gasteiger partial charge < -0.3 is 8.98 Å². The van der Waals surface area contributed by atoms with Crippen LogP contribution in [0, 0.1) is 11.3 Å². The maximum atomic E-state index is 9.22. The van der Waals surface area contributed by atoms with E-state index in [9.17, 15) is 5.26 Å². The van der Waals surface area contributed by atoms with Gasteiger partial charge in [0.2, 0.25) is 0 Å². The van der Waals surface area contributed by atoms with Crippen molar-refractivity contribution in [2.24, 2.45) is 0 Å². The Hall–Kier alpha value is -2.58. The van der Waals surface area contributed by atoms with Crippen molar-refractivity contribution in [3.63, 3.8) is 0 Å². The van der Waals surface area contributed by atoms with Crippen molar-refractivity contribution in [3.8, 4) is 6.07 Å². The number of benzene rings is 1. The molecule has 25 heavy (non-hydrogen) atoms. The minimum Gasteiger partial charge on any atom is -0.440 e. The van der Waals surface area contributed by atoms with E-state index in [-0.39, 0.29) is 0 Å². The minimum atomic E-state index is 0.338. The van der Waals surface area contributed by atoms with Crippen LogP contribution in [0.3, 0.4) is 0 Å². The van der Waals surface area contributed by atoms with Gasteiger partial charge in [-0.05, 0) is 50.1 Å². The Morgan fingerprint density at radius 1 is 1.36 bits per heavy atom. The van der Waals surface area contributed by atoms with Crippen LogP contribution in [0.15, 0.2) is 40.9 Å². The van der Waals surface area contributed by atoms with E-state index < -0.39 is 0 Å². The van der Waals surface area contributed by atoms with Crippen LogP contribution in [-0.2, 0) is 13.1 Å². The van der Waals surface area contributed by atoms with Crippen LogP contribution in [0.25, 0.3) is 11.1 Å². The number of piperidine rings is 1. The van der Waals surface area contributed by atoms with Crippen LogP contribution in [0.2, 0.25) is 0 Å². The molecule has 1 aromatic carbocycles. The molecule has 1 fully saturated rings. The highest BCUT2D eigenvalue weighted by molar-refractivity contribution is 5.72. The number of para-hydroxylation sites is 2. The molecule has 4 rings (SSSR count). The van der Waals surface area contributed by atoms with Crippen LogP contribution in [0.5, 0.6) is 0 Å². The van der Waals surface area contributed by atoms with Gasteiger partial charge in [0.05, 0.1) is 0 Å². The molecule has 0 aliphatic carbocycles. The topological polar surface area (TPSA) is 58.0 Å². The molecule has 3 aromatic rings. The number of nitrogens with zero attached hydrogens (tertiary/aromatic N) is 4. The van der Waals surface area contributed by atoms with E-state index in [0.29, 0.717) is 5.92 Å². The molecule has 1 saturated heterocycles. The highest BCUT2D eigenvalue weighted by atomic mass is 16.3. The highest BCUT2D eigenvalue weighted by Gasteiger charge is 2.25. The average molecular weight is 334 g/mol. The molecule has 2 aromatic heterocycles. The lowest BCUT2D eigenvalue weighted by atomic mass is 9.97. The van der Waals surface area contributed by atoms with Crippen LogP contribution in [0.1, 0.15) is 42.8 Å². The Morgan fingerprint density at radius 3 is 3.00 bits per heavy atom. The maximum Gasteiger partial charge on any atom is 0.199 e. The third-order valence-corrected chi connectivity index (χ3v) is 4.98. The quantitative estimate of drug-likeness (QED) is 0.726. The summed E-state index contributed by atoms with van der Waals surface area (Å²) in [4.78, 5) is 7.13. The van der Waals surface area contributed by atoms with Crippen molar-refractivity contribution >= 4 is 11.1 Å². The third-order valence-electron chi connectivity index (χ3n) is 4.98. The van der Waals surface area contributed by atoms with Crippen molar-refractivity contribution < 1.29 is 4.42 Å². The number of aryl methyl sites for hydroxylation is 1. The second kappa shape index (κ2) is 6.73. The Kier molecular flexibility index (Phi) is 4.29. The number of rotatable bonds is 4. The monoisotopic (exact) mass is 334 g/mol. The zero-order valence-corrected chi connectivity index (χ0v) is 14.5. The molecule has 3 heterocycles. The summed E-state index contributed by atoms with van der Waals surface area (Å²) in [6.07, 6.45) is 4.35. The number of nitriles is 1. The molecular weight excluding hydrogens is 312 g/mol.